The number of carbonyl (C=O) groups excluding carboxylic acids is 2. The largest absolute Gasteiger partial charge is 0.507 e. The third kappa shape index (κ3) is 2.88. The first-order valence-corrected chi connectivity index (χ1v) is 5.04. The number of hydrogen-bond donors (Lipinski definition) is 1. The lowest BCUT2D eigenvalue weighted by molar-refractivity contribution is -0.109. The Balaban J connectivity index is 2.70. The van der Waals surface area contributed by atoms with Crippen molar-refractivity contribution < 1.29 is 14.7 Å². The van der Waals surface area contributed by atoms with Crippen molar-refractivity contribution in [1.82, 2.24) is 0 Å². The topological polar surface area (TPSA) is 54.4 Å². The number of aromatic hydroxyl groups is 1. The van der Waals surface area contributed by atoms with Gasteiger partial charge in [-0.3, -0.25) is 9.59 Å². The van der Waals surface area contributed by atoms with Gasteiger partial charge in [0.2, 0.25) is 0 Å². The SMILES string of the molecule is CC(=O)SCC(=O)c1ccccc1O. The molecule has 0 aliphatic heterocycles. The fraction of sp³-hybridized carbons (Fsp3) is 0.200. The molecule has 1 aromatic carbocycles. The van der Waals surface area contributed by atoms with E-state index in [0.29, 0.717) is 0 Å². The Labute approximate surface area is 86.1 Å². The van der Waals surface area contributed by atoms with E-state index in [2.05, 4.69) is 0 Å². The molecule has 0 atom stereocenters. The molecule has 74 valence electrons. The maximum Gasteiger partial charge on any atom is 0.186 e. The molecule has 0 saturated heterocycles. The zero-order valence-corrected chi connectivity index (χ0v) is 8.50. The van der Waals surface area contributed by atoms with Crippen LogP contribution in [0.5, 0.6) is 5.75 Å². The van der Waals surface area contributed by atoms with Crippen molar-refractivity contribution >= 4 is 22.7 Å². The second kappa shape index (κ2) is 4.81. The highest BCUT2D eigenvalue weighted by Gasteiger charge is 2.10. The third-order valence-corrected chi connectivity index (χ3v) is 2.42. The number of ketones is 1. The highest BCUT2D eigenvalue weighted by molar-refractivity contribution is 8.14. The number of phenolic OH excluding ortho intramolecular Hbond substituents is 1. The maximum absolute atomic E-state index is 11.4. The summed E-state index contributed by atoms with van der Waals surface area (Å²) in [6, 6.07) is 6.31. The molecule has 14 heavy (non-hydrogen) atoms. The van der Waals surface area contributed by atoms with Crippen molar-refractivity contribution in [3.05, 3.63) is 29.8 Å². The Bertz CT molecular complexity index is 360. The minimum atomic E-state index is -0.233. The van der Waals surface area contributed by atoms with E-state index in [4.69, 9.17) is 0 Å². The molecule has 3 nitrogen and oxygen atoms in total. The monoisotopic (exact) mass is 210 g/mol. The summed E-state index contributed by atoms with van der Waals surface area (Å²) in [7, 11) is 0. The summed E-state index contributed by atoms with van der Waals surface area (Å²) < 4.78 is 0. The zero-order valence-electron chi connectivity index (χ0n) is 7.69. The van der Waals surface area contributed by atoms with E-state index < -0.39 is 0 Å². The van der Waals surface area contributed by atoms with Crippen LogP contribution in [0.4, 0.5) is 0 Å². The molecule has 0 spiro atoms. The summed E-state index contributed by atoms with van der Waals surface area (Å²) >= 11 is 0.943. The lowest BCUT2D eigenvalue weighted by Gasteiger charge is -2.01. The number of para-hydroxylation sites is 1. The van der Waals surface area contributed by atoms with Gasteiger partial charge in [-0.1, -0.05) is 23.9 Å². The fourth-order valence-electron chi connectivity index (χ4n) is 0.954. The summed E-state index contributed by atoms with van der Waals surface area (Å²) in [5, 5.41) is 9.23. The second-order valence-corrected chi connectivity index (χ2v) is 3.87. The van der Waals surface area contributed by atoms with Crippen LogP contribution >= 0.6 is 11.8 Å². The van der Waals surface area contributed by atoms with Crippen LogP contribution in [0.3, 0.4) is 0 Å². The molecular weight excluding hydrogens is 200 g/mol. The summed E-state index contributed by atoms with van der Waals surface area (Å²) in [5.74, 6) is -0.197. The molecule has 0 unspecified atom stereocenters. The predicted octanol–water partition coefficient (Wildman–Crippen LogP) is 1.85. The van der Waals surface area contributed by atoms with Crippen LogP contribution in [-0.4, -0.2) is 21.8 Å². The molecule has 0 aliphatic carbocycles. The number of phenols is 1. The first-order chi connectivity index (χ1) is 6.61. The molecule has 0 saturated carbocycles. The molecule has 0 radical (unpaired) electrons. The van der Waals surface area contributed by atoms with E-state index in [1.54, 1.807) is 18.2 Å². The van der Waals surface area contributed by atoms with Gasteiger partial charge >= 0.3 is 0 Å². The van der Waals surface area contributed by atoms with Gasteiger partial charge in [0.1, 0.15) is 5.75 Å². The highest BCUT2D eigenvalue weighted by Crippen LogP contribution is 2.18. The number of thioether (sulfide) groups is 1. The molecule has 1 rings (SSSR count). The van der Waals surface area contributed by atoms with Crippen molar-refractivity contribution in [2.75, 3.05) is 5.75 Å². The molecule has 0 bridgehead atoms. The molecule has 0 aromatic heterocycles. The Hall–Kier alpha value is -1.29. The fourth-order valence-corrected chi connectivity index (χ4v) is 1.44. The van der Waals surface area contributed by atoms with Crippen molar-refractivity contribution in [2.45, 2.75) is 6.92 Å². The normalized spacial score (nSPS) is 9.79. The summed E-state index contributed by atoms with van der Waals surface area (Å²) in [5.41, 5.74) is 0.265. The molecular formula is C10H10O3S. The van der Waals surface area contributed by atoms with Gasteiger partial charge in [-0.15, -0.1) is 0 Å². The quantitative estimate of drug-likeness (QED) is 0.773. The summed E-state index contributed by atoms with van der Waals surface area (Å²) in [6.45, 7) is 1.41. The number of benzene rings is 1. The molecule has 0 fully saturated rings. The number of hydrogen-bond acceptors (Lipinski definition) is 4. The third-order valence-electron chi connectivity index (χ3n) is 1.61. The van der Waals surface area contributed by atoms with Gasteiger partial charge in [0, 0.05) is 6.92 Å². The van der Waals surface area contributed by atoms with E-state index in [9.17, 15) is 14.7 Å². The van der Waals surface area contributed by atoms with E-state index in [1.165, 1.54) is 13.0 Å². The molecule has 0 amide bonds. The Kier molecular flexibility index (Phi) is 3.71. The Morgan fingerprint density at radius 1 is 1.36 bits per heavy atom. The summed E-state index contributed by atoms with van der Waals surface area (Å²) in [4.78, 5) is 22.0. The smallest absolute Gasteiger partial charge is 0.186 e. The van der Waals surface area contributed by atoms with Crippen molar-refractivity contribution in [1.29, 1.82) is 0 Å². The molecule has 1 N–H and O–H groups in total. The minimum absolute atomic E-state index is 0.0401. The standard InChI is InChI=1S/C10H10O3S/c1-7(11)14-6-10(13)8-4-2-3-5-9(8)12/h2-5,12H,6H2,1H3. The second-order valence-electron chi connectivity index (χ2n) is 2.72. The predicted molar refractivity (Wildman–Crippen MR) is 55.6 cm³/mol. The van der Waals surface area contributed by atoms with Crippen LogP contribution in [0.15, 0.2) is 24.3 Å². The van der Waals surface area contributed by atoms with Crippen molar-refractivity contribution in [3.63, 3.8) is 0 Å². The number of Topliss-reactive ketones (excluding diaryl/α,β-unsaturated/α-hetero) is 1. The van der Waals surface area contributed by atoms with E-state index in [0.717, 1.165) is 11.8 Å². The maximum atomic E-state index is 11.4. The first-order valence-electron chi connectivity index (χ1n) is 4.06. The van der Waals surface area contributed by atoms with Crippen LogP contribution in [0.2, 0.25) is 0 Å². The van der Waals surface area contributed by atoms with E-state index in [-0.39, 0.29) is 28.0 Å². The van der Waals surface area contributed by atoms with Crippen LogP contribution in [0.25, 0.3) is 0 Å². The summed E-state index contributed by atoms with van der Waals surface area (Å²) in [6.07, 6.45) is 0. The van der Waals surface area contributed by atoms with E-state index in [1.807, 2.05) is 0 Å². The van der Waals surface area contributed by atoms with Gasteiger partial charge in [-0.2, -0.15) is 0 Å². The lowest BCUT2D eigenvalue weighted by atomic mass is 10.1. The van der Waals surface area contributed by atoms with Gasteiger partial charge in [0.05, 0.1) is 11.3 Å². The average Bonchev–Trinajstić information content (AvgIpc) is 2.15. The highest BCUT2D eigenvalue weighted by atomic mass is 32.2. The average molecular weight is 210 g/mol. The first kappa shape index (κ1) is 10.8. The van der Waals surface area contributed by atoms with E-state index >= 15 is 0 Å². The van der Waals surface area contributed by atoms with Crippen LogP contribution in [-0.2, 0) is 4.79 Å². The van der Waals surface area contributed by atoms with Gasteiger partial charge < -0.3 is 5.11 Å². The lowest BCUT2D eigenvalue weighted by Crippen LogP contribution is -2.04. The molecule has 1 aromatic rings. The minimum Gasteiger partial charge on any atom is -0.507 e. The van der Waals surface area contributed by atoms with Crippen LogP contribution < -0.4 is 0 Å². The van der Waals surface area contributed by atoms with Gasteiger partial charge in [-0.25, -0.2) is 0 Å². The Morgan fingerprint density at radius 3 is 2.57 bits per heavy atom. The molecule has 0 aliphatic rings. The molecule has 0 heterocycles. The Morgan fingerprint density at radius 2 is 2.00 bits per heavy atom. The van der Waals surface area contributed by atoms with Crippen molar-refractivity contribution in [2.24, 2.45) is 0 Å². The number of rotatable bonds is 3. The molecule has 4 heteroatoms. The van der Waals surface area contributed by atoms with Gasteiger partial charge in [-0.05, 0) is 12.1 Å². The van der Waals surface area contributed by atoms with Crippen molar-refractivity contribution in [3.8, 4) is 5.75 Å². The van der Waals surface area contributed by atoms with Gasteiger partial charge in [0.25, 0.3) is 0 Å². The van der Waals surface area contributed by atoms with Gasteiger partial charge in [0.15, 0.2) is 10.9 Å². The van der Waals surface area contributed by atoms with Crippen LogP contribution in [0.1, 0.15) is 17.3 Å². The number of carbonyl (C=O) groups is 2. The zero-order chi connectivity index (χ0) is 10.6. The van der Waals surface area contributed by atoms with Crippen LogP contribution in [0, 0.1) is 0 Å².